The summed E-state index contributed by atoms with van der Waals surface area (Å²) in [5.41, 5.74) is 2.64. The average molecular weight is 475 g/mol. The molecule has 0 radical (unpaired) electrons. The minimum atomic E-state index is -0.712. The number of carbonyl (C=O) groups excluding carboxylic acids is 2. The highest BCUT2D eigenvalue weighted by Crippen LogP contribution is 2.41. The molecule has 31 heavy (non-hydrogen) atoms. The molecule has 6 heteroatoms. The van der Waals surface area contributed by atoms with E-state index in [4.69, 9.17) is 0 Å². The molecule has 5 nitrogen and oxygen atoms in total. The predicted molar refractivity (Wildman–Crippen MR) is 124 cm³/mol. The molecule has 2 heterocycles. The molecule has 0 saturated carbocycles. The van der Waals surface area contributed by atoms with Crippen LogP contribution in [0.1, 0.15) is 31.0 Å². The van der Waals surface area contributed by atoms with Crippen LogP contribution in [0.5, 0.6) is 0 Å². The lowest BCUT2D eigenvalue weighted by Crippen LogP contribution is -2.27. The molecule has 1 aromatic heterocycles. The van der Waals surface area contributed by atoms with Gasteiger partial charge in [-0.25, -0.2) is 0 Å². The van der Waals surface area contributed by atoms with Crippen LogP contribution in [-0.2, 0) is 9.59 Å². The van der Waals surface area contributed by atoms with Crippen molar-refractivity contribution in [2.45, 2.75) is 19.9 Å². The number of halogens is 1. The van der Waals surface area contributed by atoms with Crippen molar-refractivity contribution in [3.8, 4) is 0 Å². The smallest absolute Gasteiger partial charge is 0.286 e. The fourth-order valence-electron chi connectivity index (χ4n) is 4.31. The van der Waals surface area contributed by atoms with Crippen molar-refractivity contribution in [3.05, 3.63) is 82.5 Å². The molecule has 0 atom stereocenters. The van der Waals surface area contributed by atoms with Crippen molar-refractivity contribution in [2.75, 3.05) is 0 Å². The Morgan fingerprint density at radius 2 is 1.52 bits per heavy atom. The van der Waals surface area contributed by atoms with E-state index in [9.17, 15) is 14.8 Å². The number of benzene rings is 3. The number of aromatic nitrogens is 1. The Labute approximate surface area is 187 Å². The van der Waals surface area contributed by atoms with E-state index in [1.807, 2.05) is 66.9 Å². The zero-order chi connectivity index (χ0) is 21.9. The average Bonchev–Trinajstić information content (AvgIpc) is 3.23. The number of rotatable bonds is 3. The van der Waals surface area contributed by atoms with Crippen LogP contribution in [0.15, 0.2) is 71.3 Å². The van der Waals surface area contributed by atoms with Gasteiger partial charge in [-0.1, -0.05) is 58.4 Å². The van der Waals surface area contributed by atoms with Crippen LogP contribution in [0.2, 0.25) is 0 Å². The number of amides is 2. The lowest BCUT2D eigenvalue weighted by Gasteiger charge is -2.09. The first-order valence-corrected chi connectivity index (χ1v) is 10.8. The fourth-order valence-corrected chi connectivity index (χ4v) is 4.68. The first-order chi connectivity index (χ1) is 14.9. The summed E-state index contributed by atoms with van der Waals surface area (Å²) in [6, 6.07) is 19.4. The van der Waals surface area contributed by atoms with E-state index in [1.54, 1.807) is 0 Å². The number of nitrogens with zero attached hydrogens (tertiary/aromatic N) is 2. The summed E-state index contributed by atoms with van der Waals surface area (Å²) in [7, 11) is 0. The third-order valence-electron chi connectivity index (χ3n) is 5.74. The highest BCUT2D eigenvalue weighted by atomic mass is 79.9. The topological polar surface area (TPSA) is 62.5 Å². The molecule has 0 saturated heterocycles. The van der Waals surface area contributed by atoms with Crippen molar-refractivity contribution in [2.24, 2.45) is 0 Å². The Hall–Kier alpha value is -3.22. The SMILES string of the molecule is CC(C)n1cc(C2=C(c3cccc4ccccc34)C(=O)N(O)C2=O)c2cc(Br)ccc21. The van der Waals surface area contributed by atoms with Crippen molar-refractivity contribution in [3.63, 3.8) is 0 Å². The largest absolute Gasteiger partial charge is 0.344 e. The molecule has 0 spiro atoms. The molecular formula is C25H19BrN2O3. The van der Waals surface area contributed by atoms with Gasteiger partial charge in [-0.05, 0) is 48.4 Å². The van der Waals surface area contributed by atoms with E-state index in [0.29, 0.717) is 11.1 Å². The lowest BCUT2D eigenvalue weighted by atomic mass is 9.92. The quantitative estimate of drug-likeness (QED) is 0.301. The van der Waals surface area contributed by atoms with Gasteiger partial charge in [0.25, 0.3) is 11.8 Å². The lowest BCUT2D eigenvalue weighted by molar-refractivity contribution is -0.168. The summed E-state index contributed by atoms with van der Waals surface area (Å²) >= 11 is 3.52. The highest BCUT2D eigenvalue weighted by molar-refractivity contribution is 9.10. The third kappa shape index (κ3) is 2.94. The maximum Gasteiger partial charge on any atom is 0.286 e. The molecule has 0 unspecified atom stereocenters. The second kappa shape index (κ2) is 7.18. The Kier molecular flexibility index (Phi) is 4.57. The van der Waals surface area contributed by atoms with E-state index in [0.717, 1.165) is 26.1 Å². The van der Waals surface area contributed by atoms with Crippen LogP contribution in [0.25, 0.3) is 32.8 Å². The fraction of sp³-hybridized carbons (Fsp3) is 0.120. The molecule has 2 amide bonds. The third-order valence-corrected chi connectivity index (χ3v) is 6.24. The van der Waals surface area contributed by atoms with Crippen molar-refractivity contribution >= 4 is 60.6 Å². The molecule has 5 rings (SSSR count). The van der Waals surface area contributed by atoms with Gasteiger partial charge in [0.2, 0.25) is 0 Å². The van der Waals surface area contributed by atoms with Crippen LogP contribution >= 0.6 is 15.9 Å². The molecule has 4 aromatic rings. The van der Waals surface area contributed by atoms with Crippen LogP contribution in [0.4, 0.5) is 0 Å². The maximum atomic E-state index is 13.1. The summed E-state index contributed by atoms with van der Waals surface area (Å²) in [5.74, 6) is -1.42. The van der Waals surface area contributed by atoms with Crippen LogP contribution in [0, 0.1) is 0 Å². The molecule has 3 aromatic carbocycles. The zero-order valence-electron chi connectivity index (χ0n) is 17.0. The zero-order valence-corrected chi connectivity index (χ0v) is 18.6. The van der Waals surface area contributed by atoms with Crippen molar-refractivity contribution < 1.29 is 14.8 Å². The summed E-state index contributed by atoms with van der Waals surface area (Å²) in [6.45, 7) is 4.12. The van der Waals surface area contributed by atoms with Gasteiger partial charge in [-0.15, -0.1) is 5.06 Å². The van der Waals surface area contributed by atoms with Gasteiger partial charge in [0.15, 0.2) is 0 Å². The maximum absolute atomic E-state index is 13.1. The molecule has 154 valence electrons. The number of carbonyl (C=O) groups is 2. The van der Waals surface area contributed by atoms with Gasteiger partial charge in [0.05, 0.1) is 11.1 Å². The Bertz CT molecular complexity index is 1430. The van der Waals surface area contributed by atoms with Gasteiger partial charge < -0.3 is 4.57 Å². The second-order valence-corrected chi connectivity index (χ2v) is 8.82. The number of hydrogen-bond acceptors (Lipinski definition) is 3. The predicted octanol–water partition coefficient (Wildman–Crippen LogP) is 5.81. The minimum absolute atomic E-state index is 0.150. The molecule has 0 fully saturated rings. The van der Waals surface area contributed by atoms with Gasteiger partial charge >= 0.3 is 0 Å². The van der Waals surface area contributed by atoms with Gasteiger partial charge in [0, 0.05) is 33.2 Å². The number of hydroxylamine groups is 2. The van der Waals surface area contributed by atoms with Crippen LogP contribution in [-0.4, -0.2) is 26.7 Å². The Morgan fingerprint density at radius 3 is 2.26 bits per heavy atom. The Morgan fingerprint density at radius 1 is 0.839 bits per heavy atom. The number of fused-ring (bicyclic) bond motifs is 2. The number of hydrogen-bond donors (Lipinski definition) is 1. The van der Waals surface area contributed by atoms with Crippen molar-refractivity contribution in [1.82, 2.24) is 9.63 Å². The Balaban J connectivity index is 1.90. The normalized spacial score (nSPS) is 14.7. The minimum Gasteiger partial charge on any atom is -0.344 e. The van der Waals surface area contributed by atoms with Crippen LogP contribution < -0.4 is 0 Å². The van der Waals surface area contributed by atoms with E-state index < -0.39 is 11.8 Å². The highest BCUT2D eigenvalue weighted by Gasteiger charge is 2.40. The van der Waals surface area contributed by atoms with Gasteiger partial charge in [-0.2, -0.15) is 0 Å². The summed E-state index contributed by atoms with van der Waals surface area (Å²) in [5, 5.41) is 13.2. The molecule has 1 N–H and O–H groups in total. The molecule has 0 bridgehead atoms. The summed E-state index contributed by atoms with van der Waals surface area (Å²) < 4.78 is 2.94. The molecule has 1 aliphatic heterocycles. The second-order valence-electron chi connectivity index (χ2n) is 7.90. The first-order valence-electron chi connectivity index (χ1n) is 9.99. The summed E-state index contributed by atoms with van der Waals surface area (Å²) in [6.07, 6.45) is 1.90. The van der Waals surface area contributed by atoms with E-state index >= 15 is 0 Å². The van der Waals surface area contributed by atoms with Gasteiger partial charge in [-0.3, -0.25) is 14.8 Å². The van der Waals surface area contributed by atoms with E-state index in [2.05, 4.69) is 34.3 Å². The molecular weight excluding hydrogens is 456 g/mol. The van der Waals surface area contributed by atoms with E-state index in [1.165, 1.54) is 0 Å². The van der Waals surface area contributed by atoms with E-state index in [-0.39, 0.29) is 22.3 Å². The standard InChI is InChI=1S/C25H19BrN2O3/c1-14(2)27-13-20(19-12-16(26)10-11-21(19)27)23-22(24(29)28(31)25(23)30)18-9-5-7-15-6-3-4-8-17(15)18/h3-14,31H,1-2H3. The van der Waals surface area contributed by atoms with Gasteiger partial charge in [0.1, 0.15) is 0 Å². The van der Waals surface area contributed by atoms with Crippen molar-refractivity contribution in [1.29, 1.82) is 0 Å². The monoisotopic (exact) mass is 474 g/mol. The summed E-state index contributed by atoms with van der Waals surface area (Å²) in [4.78, 5) is 26.2. The molecule has 0 aliphatic carbocycles. The van der Waals surface area contributed by atoms with Crippen LogP contribution in [0.3, 0.4) is 0 Å². The first kappa shape index (κ1) is 19.7. The molecule has 1 aliphatic rings. The number of imide groups is 1.